The second-order valence-corrected chi connectivity index (χ2v) is 11.8. The van der Waals surface area contributed by atoms with Gasteiger partial charge in [0.25, 0.3) is 0 Å². The molecule has 7 nitrogen and oxygen atoms in total. The molecule has 0 aliphatic carbocycles. The molecular formula is C25H49N5O2+2. The van der Waals surface area contributed by atoms with Gasteiger partial charge in [0.1, 0.15) is 25.3 Å². The Labute approximate surface area is 196 Å². The van der Waals surface area contributed by atoms with Crippen molar-refractivity contribution in [2.75, 3.05) is 98.7 Å². The summed E-state index contributed by atoms with van der Waals surface area (Å²) in [5, 5.41) is 21.4. The summed E-state index contributed by atoms with van der Waals surface area (Å²) in [6, 6.07) is 8.13. The summed E-state index contributed by atoms with van der Waals surface area (Å²) < 4.78 is 1.53. The summed E-state index contributed by atoms with van der Waals surface area (Å²) in [5.41, 5.74) is 7.88. The van der Waals surface area contributed by atoms with Crippen LogP contribution in [0.3, 0.4) is 0 Å². The van der Waals surface area contributed by atoms with E-state index >= 15 is 0 Å². The van der Waals surface area contributed by atoms with Crippen molar-refractivity contribution in [3.05, 3.63) is 24.3 Å². The Bertz CT molecular complexity index is 632. The lowest BCUT2D eigenvalue weighted by Gasteiger charge is -2.31. The minimum Gasteiger partial charge on any atom is -0.399 e. The van der Waals surface area contributed by atoms with Gasteiger partial charge in [-0.25, -0.2) is 0 Å². The number of likely N-dealkylation sites (N-methyl/N-ethyl adjacent to an activating group) is 2. The van der Waals surface area contributed by atoms with Crippen LogP contribution < -0.4 is 10.6 Å². The Morgan fingerprint density at radius 1 is 0.844 bits per heavy atom. The Hall–Kier alpha value is -1.38. The maximum Gasteiger partial charge on any atom is 0.115 e. The van der Waals surface area contributed by atoms with Crippen LogP contribution in [0.4, 0.5) is 11.4 Å². The quantitative estimate of drug-likeness (QED) is 0.390. The molecule has 1 aromatic carbocycles. The number of nitrogens with zero attached hydrogens (tertiary/aromatic N) is 4. The molecule has 4 N–H and O–H groups in total. The van der Waals surface area contributed by atoms with E-state index in [4.69, 9.17) is 5.73 Å². The standard InChI is InChI=1S/C25H49N5O2/c1-29(2,3)19-24(31)17-21-11-13-27(18-25(32)20-30(4,5)6)15-16-28(14-12-21)23-9-7-22(26)8-10-23/h7-10,21,24-25,31-32H,11-20,26H2,1-6H3/q+2. The largest absolute Gasteiger partial charge is 0.399 e. The van der Waals surface area contributed by atoms with Crippen LogP contribution in [0.5, 0.6) is 0 Å². The monoisotopic (exact) mass is 451 g/mol. The predicted octanol–water partition coefficient (Wildman–Crippen LogP) is 1.31. The van der Waals surface area contributed by atoms with Gasteiger partial charge in [-0.15, -0.1) is 0 Å². The smallest absolute Gasteiger partial charge is 0.115 e. The average Bonchev–Trinajstić information content (AvgIpc) is 2.71. The van der Waals surface area contributed by atoms with E-state index in [1.54, 1.807) is 0 Å². The molecule has 1 heterocycles. The number of nitrogen functional groups attached to an aromatic ring is 1. The highest BCUT2D eigenvalue weighted by atomic mass is 16.3. The molecule has 0 aromatic heterocycles. The number of anilines is 2. The molecule has 1 saturated heterocycles. The van der Waals surface area contributed by atoms with Crippen LogP contribution >= 0.6 is 0 Å². The van der Waals surface area contributed by atoms with Crippen LogP contribution in [-0.2, 0) is 0 Å². The first-order valence-electron chi connectivity index (χ1n) is 12.1. The van der Waals surface area contributed by atoms with E-state index in [1.165, 1.54) is 5.69 Å². The summed E-state index contributed by atoms with van der Waals surface area (Å²) in [7, 11) is 12.8. The average molecular weight is 452 g/mol. The molecule has 1 aliphatic rings. The van der Waals surface area contributed by atoms with E-state index in [-0.39, 0.29) is 12.2 Å². The number of hydrogen-bond acceptors (Lipinski definition) is 5. The van der Waals surface area contributed by atoms with Crippen LogP contribution in [0.1, 0.15) is 19.3 Å². The van der Waals surface area contributed by atoms with Crippen LogP contribution in [0.25, 0.3) is 0 Å². The van der Waals surface area contributed by atoms with E-state index in [0.29, 0.717) is 12.5 Å². The van der Waals surface area contributed by atoms with Crippen LogP contribution in [-0.4, -0.2) is 124 Å². The van der Waals surface area contributed by atoms with E-state index in [1.807, 2.05) is 12.1 Å². The Morgan fingerprint density at radius 2 is 1.41 bits per heavy atom. The molecule has 3 atom stereocenters. The van der Waals surface area contributed by atoms with E-state index in [2.05, 4.69) is 64.2 Å². The zero-order valence-electron chi connectivity index (χ0n) is 21.4. The second-order valence-electron chi connectivity index (χ2n) is 11.8. The van der Waals surface area contributed by atoms with Crippen molar-refractivity contribution < 1.29 is 19.2 Å². The van der Waals surface area contributed by atoms with Gasteiger partial charge in [-0.3, -0.25) is 4.90 Å². The third kappa shape index (κ3) is 10.5. The third-order valence-electron chi connectivity index (χ3n) is 6.20. The summed E-state index contributed by atoms with van der Waals surface area (Å²) in [6.45, 7) is 5.99. The molecular weight excluding hydrogens is 402 g/mol. The predicted molar refractivity (Wildman–Crippen MR) is 135 cm³/mol. The van der Waals surface area contributed by atoms with Crippen LogP contribution in [0, 0.1) is 5.92 Å². The molecule has 7 heteroatoms. The van der Waals surface area contributed by atoms with Gasteiger partial charge in [0, 0.05) is 37.6 Å². The van der Waals surface area contributed by atoms with E-state index in [9.17, 15) is 10.2 Å². The van der Waals surface area contributed by atoms with Crippen molar-refractivity contribution in [3.63, 3.8) is 0 Å². The van der Waals surface area contributed by atoms with Crippen molar-refractivity contribution in [2.24, 2.45) is 5.92 Å². The minimum absolute atomic E-state index is 0.289. The van der Waals surface area contributed by atoms with Gasteiger partial charge >= 0.3 is 0 Å². The first-order chi connectivity index (χ1) is 14.8. The lowest BCUT2D eigenvalue weighted by molar-refractivity contribution is -0.873. The number of rotatable bonds is 9. The number of benzene rings is 1. The number of aliphatic hydroxyl groups is 2. The van der Waals surface area contributed by atoms with Crippen molar-refractivity contribution >= 4 is 11.4 Å². The summed E-state index contributed by atoms with van der Waals surface area (Å²) in [6.07, 6.45) is 2.32. The zero-order chi connectivity index (χ0) is 23.9. The van der Waals surface area contributed by atoms with E-state index < -0.39 is 0 Å². The minimum atomic E-state index is -0.344. The lowest BCUT2D eigenvalue weighted by Crippen LogP contribution is -2.47. The third-order valence-corrected chi connectivity index (χ3v) is 6.20. The molecule has 3 unspecified atom stereocenters. The maximum absolute atomic E-state index is 10.7. The Morgan fingerprint density at radius 3 is 2.00 bits per heavy atom. The van der Waals surface area contributed by atoms with Gasteiger partial charge in [-0.2, -0.15) is 0 Å². The molecule has 0 spiro atoms. The highest BCUT2D eigenvalue weighted by molar-refractivity contribution is 5.53. The molecule has 1 aliphatic heterocycles. The SMILES string of the molecule is C[N+](C)(C)CC(O)CC1CCN(CC(O)C[N+](C)(C)C)CCN(c2ccc(N)cc2)CC1. The van der Waals surface area contributed by atoms with Gasteiger partial charge in [0.05, 0.1) is 42.3 Å². The van der Waals surface area contributed by atoms with Gasteiger partial charge in [-0.1, -0.05) is 0 Å². The first kappa shape index (κ1) is 26.9. The number of β-amino-alcohol motifs (C(OH)–C–C–N with tert-alkyl or cyclic N) is 1. The normalized spacial score (nSPS) is 21.5. The summed E-state index contributed by atoms with van der Waals surface area (Å²) >= 11 is 0. The fraction of sp³-hybridized carbons (Fsp3) is 0.760. The van der Waals surface area contributed by atoms with Crippen molar-refractivity contribution in [1.82, 2.24) is 4.90 Å². The highest BCUT2D eigenvalue weighted by Crippen LogP contribution is 2.24. The topological polar surface area (TPSA) is 73.0 Å². The van der Waals surface area contributed by atoms with Crippen molar-refractivity contribution in [2.45, 2.75) is 31.5 Å². The van der Waals surface area contributed by atoms with Crippen LogP contribution in [0.2, 0.25) is 0 Å². The summed E-state index contributed by atoms with van der Waals surface area (Å²) in [4.78, 5) is 4.85. The van der Waals surface area contributed by atoms with Gasteiger partial charge in [0.15, 0.2) is 0 Å². The molecule has 0 amide bonds. The van der Waals surface area contributed by atoms with Crippen molar-refractivity contribution in [1.29, 1.82) is 0 Å². The van der Waals surface area contributed by atoms with Gasteiger partial charge < -0.3 is 29.8 Å². The molecule has 1 aromatic rings. The van der Waals surface area contributed by atoms with Crippen molar-refractivity contribution in [3.8, 4) is 0 Å². The molecule has 0 bridgehead atoms. The number of nitrogens with two attached hydrogens (primary N) is 1. The number of hydrogen-bond donors (Lipinski definition) is 3. The molecule has 184 valence electrons. The van der Waals surface area contributed by atoms with Gasteiger partial charge in [0.2, 0.25) is 0 Å². The maximum atomic E-state index is 10.7. The lowest BCUT2D eigenvalue weighted by atomic mass is 9.93. The fourth-order valence-electron chi connectivity index (χ4n) is 4.77. The Balaban J connectivity index is 2.10. The highest BCUT2D eigenvalue weighted by Gasteiger charge is 2.25. The first-order valence-corrected chi connectivity index (χ1v) is 12.1. The second kappa shape index (κ2) is 11.7. The molecule has 2 rings (SSSR count). The molecule has 1 fully saturated rings. The Kier molecular flexibility index (Phi) is 9.79. The molecule has 0 saturated carbocycles. The number of quaternary nitrogens is 2. The molecule has 0 radical (unpaired) electrons. The summed E-state index contributed by atoms with van der Waals surface area (Å²) in [5.74, 6) is 0.462. The molecule has 32 heavy (non-hydrogen) atoms. The van der Waals surface area contributed by atoms with E-state index in [0.717, 1.165) is 73.2 Å². The number of aliphatic hydroxyl groups excluding tert-OH is 2. The van der Waals surface area contributed by atoms with Crippen LogP contribution in [0.15, 0.2) is 24.3 Å². The zero-order valence-corrected chi connectivity index (χ0v) is 21.4. The fourth-order valence-corrected chi connectivity index (χ4v) is 4.77. The van der Waals surface area contributed by atoms with Gasteiger partial charge in [-0.05, 0) is 56.0 Å².